The molecule has 0 amide bonds. The molecular weight excluding hydrogens is 601 g/mol. The Hall–Kier alpha value is -5.41. The molecule has 0 aromatic heterocycles. The Bertz CT molecular complexity index is 2270. The highest BCUT2D eigenvalue weighted by Crippen LogP contribution is 2.63. The molecule has 1 aliphatic carbocycles. The number of hydrogen-bond acceptors (Lipinski definition) is 4. The molecule has 236 valence electrons. The second-order valence-electron chi connectivity index (χ2n) is 14.2. The summed E-state index contributed by atoms with van der Waals surface area (Å²) < 4.78 is 19.8. The molecule has 1 fully saturated rings. The second-order valence-corrected chi connectivity index (χ2v) is 14.2. The molecule has 2 heterocycles. The van der Waals surface area contributed by atoms with Crippen molar-refractivity contribution in [2.45, 2.75) is 44.3 Å². The van der Waals surface area contributed by atoms with Crippen molar-refractivity contribution in [3.05, 3.63) is 161 Å². The van der Waals surface area contributed by atoms with Gasteiger partial charge in [0.05, 0.1) is 28.2 Å². The molecule has 2 aliphatic heterocycles. The maximum absolute atomic E-state index is 9.25. The smallest absolute Gasteiger partial charge is 0.457 e. The number of hydrogen-bond donors (Lipinski definition) is 0. The van der Waals surface area contributed by atoms with Crippen LogP contribution in [0.1, 0.15) is 55.5 Å². The van der Waals surface area contributed by atoms with E-state index in [1.54, 1.807) is 0 Å². The van der Waals surface area contributed by atoms with Crippen LogP contribution in [-0.4, -0.2) is 18.3 Å². The molecule has 1 saturated heterocycles. The summed E-state index contributed by atoms with van der Waals surface area (Å²) in [6.45, 7) is 8.40. The number of fused-ring (bicyclic) bond motifs is 9. The van der Waals surface area contributed by atoms with Gasteiger partial charge in [-0.3, -0.25) is 0 Å². The molecule has 1 spiro atoms. The van der Waals surface area contributed by atoms with E-state index in [2.05, 4.69) is 131 Å². The van der Waals surface area contributed by atoms with Crippen LogP contribution in [0.15, 0.2) is 133 Å². The molecule has 5 heteroatoms. The molecule has 0 atom stereocenters. The second kappa shape index (κ2) is 10.5. The molecule has 0 bridgehead atoms. The molecule has 0 radical (unpaired) electrons. The van der Waals surface area contributed by atoms with E-state index in [0.717, 1.165) is 44.8 Å². The van der Waals surface area contributed by atoms with Gasteiger partial charge in [0.25, 0.3) is 0 Å². The normalized spacial score (nSPS) is 17.0. The van der Waals surface area contributed by atoms with Crippen LogP contribution in [0.2, 0.25) is 0 Å². The summed E-state index contributed by atoms with van der Waals surface area (Å²) in [5, 5.41) is 9.25. The van der Waals surface area contributed by atoms with Crippen LogP contribution >= 0.6 is 0 Å². The Labute approximate surface area is 287 Å². The van der Waals surface area contributed by atoms with Crippen molar-refractivity contribution >= 4 is 12.6 Å². The third kappa shape index (κ3) is 4.24. The first-order chi connectivity index (χ1) is 23.7. The molecule has 0 saturated carbocycles. The number of rotatable bonds is 3. The lowest BCUT2D eigenvalue weighted by atomic mass is 9.64. The van der Waals surface area contributed by atoms with Gasteiger partial charge in [0.1, 0.15) is 11.5 Å². The van der Waals surface area contributed by atoms with E-state index in [1.165, 1.54) is 27.8 Å². The summed E-state index contributed by atoms with van der Waals surface area (Å²) in [5.41, 5.74) is 11.7. The predicted octanol–water partition coefficient (Wildman–Crippen LogP) is 9.66. The molecular formula is C44H34BNO3. The summed E-state index contributed by atoms with van der Waals surface area (Å²) in [4.78, 5) is 0. The van der Waals surface area contributed by atoms with Gasteiger partial charge < -0.3 is 14.0 Å². The fourth-order valence-corrected chi connectivity index (χ4v) is 7.91. The Kier molecular flexibility index (Phi) is 6.39. The zero-order chi connectivity index (χ0) is 33.5. The average Bonchev–Trinajstić information content (AvgIpc) is 3.54. The van der Waals surface area contributed by atoms with Crippen LogP contribution in [0, 0.1) is 11.3 Å². The van der Waals surface area contributed by atoms with Crippen molar-refractivity contribution in [3.63, 3.8) is 0 Å². The lowest BCUT2D eigenvalue weighted by Gasteiger charge is -2.39. The first-order valence-corrected chi connectivity index (χ1v) is 16.8. The van der Waals surface area contributed by atoms with Crippen molar-refractivity contribution < 1.29 is 14.0 Å². The van der Waals surface area contributed by atoms with Gasteiger partial charge in [-0.2, -0.15) is 5.26 Å². The quantitative estimate of drug-likeness (QED) is 0.182. The van der Waals surface area contributed by atoms with Gasteiger partial charge in [0.2, 0.25) is 0 Å². The number of benzene rings is 6. The Balaban J connectivity index is 1.28. The standard InChI is InChI=1S/C44H34BNO3/c1-42(2)43(3,4)49-45(48-42)32-24-25-34-38(26-32)44(35-11-5-7-14-39(35)47-40-15-8-6-12-36(40)44)37-13-9-10-33(41(34)37)31-22-20-30(21-23-31)29-18-16-28(27-46)17-19-29/h5-26H,1-4H3. The van der Waals surface area contributed by atoms with Crippen LogP contribution in [-0.2, 0) is 14.7 Å². The Morgan fingerprint density at radius 3 is 1.69 bits per heavy atom. The topological polar surface area (TPSA) is 51.5 Å². The van der Waals surface area contributed by atoms with Gasteiger partial charge in [-0.1, -0.05) is 109 Å². The number of nitriles is 1. The highest BCUT2D eigenvalue weighted by Gasteiger charge is 2.54. The summed E-state index contributed by atoms with van der Waals surface area (Å²) in [6.07, 6.45) is 0. The van der Waals surface area contributed by atoms with Crippen molar-refractivity contribution in [3.8, 4) is 50.9 Å². The van der Waals surface area contributed by atoms with Crippen LogP contribution in [0.5, 0.6) is 11.5 Å². The molecule has 3 aliphatic rings. The van der Waals surface area contributed by atoms with Crippen molar-refractivity contribution in [1.29, 1.82) is 5.26 Å². The maximum atomic E-state index is 9.25. The highest BCUT2D eigenvalue weighted by molar-refractivity contribution is 6.62. The van der Waals surface area contributed by atoms with E-state index in [9.17, 15) is 5.26 Å². The summed E-state index contributed by atoms with van der Waals surface area (Å²) in [7, 11) is -0.490. The summed E-state index contributed by atoms with van der Waals surface area (Å²) in [6, 6.07) is 49.1. The van der Waals surface area contributed by atoms with Gasteiger partial charge in [0, 0.05) is 11.1 Å². The van der Waals surface area contributed by atoms with Gasteiger partial charge in [-0.05, 0) is 102 Å². The first kappa shape index (κ1) is 29.7. The largest absolute Gasteiger partial charge is 0.494 e. The van der Waals surface area contributed by atoms with E-state index in [1.807, 2.05) is 36.4 Å². The lowest BCUT2D eigenvalue weighted by Crippen LogP contribution is -2.41. The van der Waals surface area contributed by atoms with E-state index in [0.29, 0.717) is 5.56 Å². The Morgan fingerprint density at radius 2 is 1.08 bits per heavy atom. The minimum Gasteiger partial charge on any atom is -0.457 e. The fourth-order valence-electron chi connectivity index (χ4n) is 7.91. The van der Waals surface area contributed by atoms with E-state index < -0.39 is 23.7 Å². The maximum Gasteiger partial charge on any atom is 0.494 e. The van der Waals surface area contributed by atoms with Crippen molar-refractivity contribution in [2.75, 3.05) is 0 Å². The minimum atomic E-state index is -0.617. The SMILES string of the molecule is CC1(C)OB(c2ccc3c(c2)C2(c4ccccc4Oc4ccccc42)c2cccc(-c4ccc(-c5ccc(C#N)cc5)cc4)c2-3)OC1(C)C. The van der Waals surface area contributed by atoms with Crippen molar-refractivity contribution in [2.24, 2.45) is 0 Å². The van der Waals surface area contributed by atoms with Gasteiger partial charge >= 0.3 is 7.12 Å². The molecule has 0 N–H and O–H groups in total. The van der Waals surface area contributed by atoms with Crippen LogP contribution in [0.3, 0.4) is 0 Å². The first-order valence-electron chi connectivity index (χ1n) is 16.8. The van der Waals surface area contributed by atoms with Crippen LogP contribution in [0.25, 0.3) is 33.4 Å². The van der Waals surface area contributed by atoms with Crippen LogP contribution < -0.4 is 10.2 Å². The minimum absolute atomic E-state index is 0.452. The molecule has 6 aromatic carbocycles. The zero-order valence-corrected chi connectivity index (χ0v) is 28.0. The molecule has 49 heavy (non-hydrogen) atoms. The number of ether oxygens (including phenoxy) is 1. The van der Waals surface area contributed by atoms with Gasteiger partial charge in [-0.15, -0.1) is 0 Å². The monoisotopic (exact) mass is 635 g/mol. The molecule has 9 rings (SSSR count). The third-order valence-electron chi connectivity index (χ3n) is 11.1. The average molecular weight is 636 g/mol. The summed E-state index contributed by atoms with van der Waals surface area (Å²) in [5.74, 6) is 1.72. The Morgan fingerprint density at radius 1 is 0.531 bits per heavy atom. The molecule has 4 nitrogen and oxygen atoms in total. The van der Waals surface area contributed by atoms with Crippen LogP contribution in [0.4, 0.5) is 0 Å². The third-order valence-corrected chi connectivity index (χ3v) is 11.1. The molecule has 6 aromatic rings. The van der Waals surface area contributed by atoms with E-state index in [-0.39, 0.29) is 0 Å². The zero-order valence-electron chi connectivity index (χ0n) is 28.0. The highest BCUT2D eigenvalue weighted by atomic mass is 16.7. The predicted molar refractivity (Wildman–Crippen MR) is 195 cm³/mol. The fraction of sp³-hybridized carbons (Fsp3) is 0.159. The van der Waals surface area contributed by atoms with E-state index >= 15 is 0 Å². The lowest BCUT2D eigenvalue weighted by molar-refractivity contribution is 0.00578. The number of nitrogens with zero attached hydrogens (tertiary/aromatic N) is 1. The van der Waals surface area contributed by atoms with Gasteiger partial charge in [-0.25, -0.2) is 0 Å². The number of para-hydroxylation sites is 2. The molecule has 0 unspecified atom stereocenters. The van der Waals surface area contributed by atoms with Crippen molar-refractivity contribution in [1.82, 2.24) is 0 Å². The van der Waals surface area contributed by atoms with Gasteiger partial charge in [0.15, 0.2) is 0 Å². The summed E-state index contributed by atoms with van der Waals surface area (Å²) >= 11 is 0. The van der Waals surface area contributed by atoms with E-state index in [4.69, 9.17) is 14.0 Å².